The second kappa shape index (κ2) is 6.48. The fraction of sp³-hybridized carbons (Fsp3) is 0.647. The molecule has 3 heteroatoms. The van der Waals surface area contributed by atoms with Crippen LogP contribution in [0.1, 0.15) is 45.1 Å². The van der Waals surface area contributed by atoms with Crippen LogP contribution in [0.4, 0.5) is 0 Å². The summed E-state index contributed by atoms with van der Waals surface area (Å²) < 4.78 is 6.19. The Hall–Kier alpha value is -0.540. The molecule has 1 atom stereocenters. The Balaban J connectivity index is 1.94. The van der Waals surface area contributed by atoms with Crippen LogP contribution in [0.3, 0.4) is 0 Å². The van der Waals surface area contributed by atoms with E-state index >= 15 is 0 Å². The van der Waals surface area contributed by atoms with Crippen molar-refractivity contribution >= 4 is 15.9 Å². The third-order valence-corrected chi connectivity index (χ3v) is 5.21. The van der Waals surface area contributed by atoms with Crippen molar-refractivity contribution in [2.24, 2.45) is 11.3 Å². The molecular weight excluding hydrogens is 316 g/mol. The molecule has 1 fully saturated rings. The minimum atomic E-state index is -0.230. The standard InChI is InChI=1S/C17H25BrO2/c1-17(2)8-6-13(7-9-17)15(19)11-12-4-5-16(20-3)14(18)10-12/h4-5,10,13,15,19H,6-9,11H2,1-3H3. The van der Waals surface area contributed by atoms with E-state index in [0.717, 1.165) is 35.0 Å². The van der Waals surface area contributed by atoms with Crippen LogP contribution in [0, 0.1) is 11.3 Å². The van der Waals surface area contributed by atoms with E-state index < -0.39 is 0 Å². The van der Waals surface area contributed by atoms with E-state index in [1.807, 2.05) is 12.1 Å². The summed E-state index contributed by atoms with van der Waals surface area (Å²) in [6.45, 7) is 4.66. The molecule has 0 saturated heterocycles. The van der Waals surface area contributed by atoms with Gasteiger partial charge in [0.2, 0.25) is 0 Å². The second-order valence-electron chi connectivity index (χ2n) is 6.74. The minimum Gasteiger partial charge on any atom is -0.496 e. The summed E-state index contributed by atoms with van der Waals surface area (Å²) in [6, 6.07) is 6.05. The SMILES string of the molecule is COc1ccc(CC(O)C2CCC(C)(C)CC2)cc1Br. The maximum absolute atomic E-state index is 10.5. The lowest BCUT2D eigenvalue weighted by Crippen LogP contribution is -2.30. The Morgan fingerprint density at radius 2 is 2.00 bits per heavy atom. The third-order valence-electron chi connectivity index (χ3n) is 4.59. The fourth-order valence-corrected chi connectivity index (χ4v) is 3.64. The van der Waals surface area contributed by atoms with Crippen LogP contribution in [-0.2, 0) is 6.42 Å². The predicted molar refractivity (Wildman–Crippen MR) is 86.1 cm³/mol. The van der Waals surface area contributed by atoms with E-state index in [-0.39, 0.29) is 6.10 Å². The quantitative estimate of drug-likeness (QED) is 0.869. The summed E-state index contributed by atoms with van der Waals surface area (Å²) in [5, 5.41) is 10.5. The van der Waals surface area contributed by atoms with Gasteiger partial charge in [-0.15, -0.1) is 0 Å². The first-order valence-electron chi connectivity index (χ1n) is 7.42. The van der Waals surface area contributed by atoms with Crippen LogP contribution in [0.25, 0.3) is 0 Å². The first-order valence-corrected chi connectivity index (χ1v) is 8.21. The Bertz CT molecular complexity index is 446. The lowest BCUT2D eigenvalue weighted by Gasteiger charge is -2.36. The van der Waals surface area contributed by atoms with Gasteiger partial charge in [-0.1, -0.05) is 19.9 Å². The Morgan fingerprint density at radius 3 is 2.55 bits per heavy atom. The topological polar surface area (TPSA) is 29.5 Å². The van der Waals surface area contributed by atoms with Gasteiger partial charge in [-0.05, 0) is 77.1 Å². The molecule has 1 unspecified atom stereocenters. The van der Waals surface area contributed by atoms with Gasteiger partial charge in [0.1, 0.15) is 5.75 Å². The maximum atomic E-state index is 10.5. The van der Waals surface area contributed by atoms with Gasteiger partial charge in [0.25, 0.3) is 0 Å². The molecule has 1 aromatic rings. The first-order chi connectivity index (χ1) is 9.41. The van der Waals surface area contributed by atoms with Gasteiger partial charge >= 0.3 is 0 Å². The Labute approximate surface area is 130 Å². The third kappa shape index (κ3) is 3.98. The van der Waals surface area contributed by atoms with Crippen LogP contribution < -0.4 is 4.74 Å². The largest absolute Gasteiger partial charge is 0.496 e. The van der Waals surface area contributed by atoms with Crippen LogP contribution in [0.5, 0.6) is 5.75 Å². The number of hydrogen-bond donors (Lipinski definition) is 1. The van der Waals surface area contributed by atoms with Crippen LogP contribution in [0.15, 0.2) is 22.7 Å². The lowest BCUT2D eigenvalue weighted by molar-refractivity contribution is 0.0576. The molecular formula is C17H25BrO2. The molecule has 2 rings (SSSR count). The van der Waals surface area contributed by atoms with Crippen LogP contribution in [0.2, 0.25) is 0 Å². The van der Waals surface area contributed by atoms with Crippen molar-refractivity contribution in [1.29, 1.82) is 0 Å². The number of ether oxygens (including phenoxy) is 1. The molecule has 0 amide bonds. The molecule has 0 aliphatic heterocycles. The highest BCUT2D eigenvalue weighted by Crippen LogP contribution is 2.39. The molecule has 2 nitrogen and oxygen atoms in total. The monoisotopic (exact) mass is 340 g/mol. The molecule has 20 heavy (non-hydrogen) atoms. The average Bonchev–Trinajstić information content (AvgIpc) is 2.38. The second-order valence-corrected chi connectivity index (χ2v) is 7.60. The van der Waals surface area contributed by atoms with Crippen molar-refractivity contribution in [1.82, 2.24) is 0 Å². The van der Waals surface area contributed by atoms with Crippen molar-refractivity contribution in [3.8, 4) is 5.75 Å². The van der Waals surface area contributed by atoms with Gasteiger partial charge in [-0.2, -0.15) is 0 Å². The Morgan fingerprint density at radius 1 is 1.35 bits per heavy atom. The summed E-state index contributed by atoms with van der Waals surface area (Å²) in [5.74, 6) is 1.28. The number of aliphatic hydroxyl groups excluding tert-OH is 1. The number of rotatable bonds is 4. The predicted octanol–water partition coefficient (Wildman–Crippen LogP) is 4.58. The van der Waals surface area contributed by atoms with E-state index in [2.05, 4.69) is 35.8 Å². The summed E-state index contributed by atoms with van der Waals surface area (Å²) in [5.41, 5.74) is 1.62. The van der Waals surface area contributed by atoms with E-state index in [1.165, 1.54) is 12.8 Å². The molecule has 1 N–H and O–H groups in total. The van der Waals surface area contributed by atoms with Gasteiger partial charge in [-0.25, -0.2) is 0 Å². The normalized spacial score (nSPS) is 20.6. The van der Waals surface area contributed by atoms with Gasteiger partial charge in [0, 0.05) is 0 Å². The number of aliphatic hydroxyl groups is 1. The zero-order valence-electron chi connectivity index (χ0n) is 12.7. The number of methoxy groups -OCH3 is 1. The maximum Gasteiger partial charge on any atom is 0.133 e. The first kappa shape index (κ1) is 15.8. The van der Waals surface area contributed by atoms with Crippen molar-refractivity contribution < 1.29 is 9.84 Å². The van der Waals surface area contributed by atoms with Crippen molar-refractivity contribution in [2.45, 2.75) is 52.1 Å². The zero-order valence-corrected chi connectivity index (χ0v) is 14.2. The molecule has 1 aliphatic carbocycles. The highest BCUT2D eigenvalue weighted by atomic mass is 79.9. The summed E-state index contributed by atoms with van der Waals surface area (Å²) >= 11 is 3.50. The van der Waals surface area contributed by atoms with Crippen LogP contribution in [-0.4, -0.2) is 18.3 Å². The van der Waals surface area contributed by atoms with Crippen molar-refractivity contribution in [3.05, 3.63) is 28.2 Å². The highest BCUT2D eigenvalue weighted by Gasteiger charge is 2.30. The summed E-state index contributed by atoms with van der Waals surface area (Å²) in [4.78, 5) is 0. The molecule has 0 radical (unpaired) electrons. The molecule has 1 saturated carbocycles. The molecule has 0 bridgehead atoms. The number of benzene rings is 1. The Kier molecular flexibility index (Phi) is 5.14. The number of hydrogen-bond acceptors (Lipinski definition) is 2. The highest BCUT2D eigenvalue weighted by molar-refractivity contribution is 9.10. The van der Waals surface area contributed by atoms with E-state index in [4.69, 9.17) is 4.74 Å². The molecule has 0 aromatic heterocycles. The number of halogens is 1. The van der Waals surface area contributed by atoms with E-state index in [1.54, 1.807) is 7.11 Å². The molecule has 0 heterocycles. The smallest absolute Gasteiger partial charge is 0.133 e. The zero-order chi connectivity index (χ0) is 14.8. The fourth-order valence-electron chi connectivity index (χ4n) is 3.05. The molecule has 1 aliphatic rings. The molecule has 0 spiro atoms. The summed E-state index contributed by atoms with van der Waals surface area (Å²) in [6.07, 6.45) is 5.23. The van der Waals surface area contributed by atoms with Gasteiger partial charge in [0.05, 0.1) is 17.7 Å². The molecule has 112 valence electrons. The lowest BCUT2D eigenvalue weighted by atomic mass is 9.71. The van der Waals surface area contributed by atoms with Gasteiger partial charge < -0.3 is 9.84 Å². The molecule has 1 aromatic carbocycles. The van der Waals surface area contributed by atoms with Gasteiger partial charge in [-0.3, -0.25) is 0 Å². The van der Waals surface area contributed by atoms with E-state index in [9.17, 15) is 5.11 Å². The van der Waals surface area contributed by atoms with Crippen molar-refractivity contribution in [2.75, 3.05) is 7.11 Å². The van der Waals surface area contributed by atoms with E-state index in [0.29, 0.717) is 11.3 Å². The minimum absolute atomic E-state index is 0.230. The van der Waals surface area contributed by atoms with Gasteiger partial charge in [0.15, 0.2) is 0 Å². The average molecular weight is 341 g/mol. The van der Waals surface area contributed by atoms with Crippen molar-refractivity contribution in [3.63, 3.8) is 0 Å². The summed E-state index contributed by atoms with van der Waals surface area (Å²) in [7, 11) is 1.67. The van der Waals surface area contributed by atoms with Crippen LogP contribution >= 0.6 is 15.9 Å².